The van der Waals surface area contributed by atoms with E-state index in [1.54, 1.807) is 18.3 Å². The molecule has 2 aromatic carbocycles. The molecule has 0 unspecified atom stereocenters. The van der Waals surface area contributed by atoms with Gasteiger partial charge in [0, 0.05) is 41.9 Å². The minimum atomic E-state index is -0.546. The van der Waals surface area contributed by atoms with Gasteiger partial charge in [0.15, 0.2) is 0 Å². The first kappa shape index (κ1) is 19.8. The normalized spacial score (nSPS) is 13.7. The zero-order chi connectivity index (χ0) is 20.8. The lowest BCUT2D eigenvalue weighted by Crippen LogP contribution is -2.36. The van der Waals surface area contributed by atoms with E-state index >= 15 is 0 Å². The Bertz CT molecular complexity index is 986. The Morgan fingerprint density at radius 2 is 1.70 bits per heavy atom. The largest absolute Gasteiger partial charge is 0.387 e. The second-order valence-corrected chi connectivity index (χ2v) is 6.82. The molecule has 0 aliphatic carbocycles. The smallest absolute Gasteiger partial charge is 0.250 e. The topological polar surface area (TPSA) is 99.6 Å². The molecule has 1 saturated heterocycles. The summed E-state index contributed by atoms with van der Waals surface area (Å²) in [6.07, 6.45) is 1.70. The molecule has 3 N–H and O–H groups in total. The predicted octanol–water partition coefficient (Wildman–Crippen LogP) is 2.65. The maximum absolute atomic E-state index is 11.3. The van der Waals surface area contributed by atoms with E-state index in [1.165, 1.54) is 5.69 Å². The van der Waals surface area contributed by atoms with Crippen molar-refractivity contribution in [2.24, 2.45) is 0 Å². The van der Waals surface area contributed by atoms with Gasteiger partial charge in [0.2, 0.25) is 11.9 Å². The molecular weight excluding hydrogens is 382 g/mol. The van der Waals surface area contributed by atoms with Crippen molar-refractivity contribution in [1.29, 1.82) is 0 Å². The fourth-order valence-electron chi connectivity index (χ4n) is 3.21. The van der Waals surface area contributed by atoms with Gasteiger partial charge in [-0.25, -0.2) is 9.97 Å². The molecule has 4 rings (SSSR count). The predicted molar refractivity (Wildman–Crippen MR) is 116 cm³/mol. The van der Waals surface area contributed by atoms with Crippen LogP contribution in [0.1, 0.15) is 0 Å². The summed E-state index contributed by atoms with van der Waals surface area (Å²) in [6.45, 7) is 2.78. The highest BCUT2D eigenvalue weighted by atomic mass is 16.5. The zero-order valence-electron chi connectivity index (χ0n) is 16.4. The maximum atomic E-state index is 11.3. The van der Waals surface area contributed by atoms with Gasteiger partial charge in [-0.05, 0) is 42.5 Å². The number of ether oxygens (including phenoxy) is 1. The minimum Gasteiger partial charge on any atom is -0.387 e. The molecule has 0 saturated carbocycles. The molecule has 1 fully saturated rings. The number of rotatable bonds is 6. The van der Waals surface area contributed by atoms with Crippen LogP contribution in [0.2, 0.25) is 0 Å². The maximum Gasteiger partial charge on any atom is 0.250 e. The molecule has 1 aromatic heterocycles. The summed E-state index contributed by atoms with van der Waals surface area (Å²) in [6, 6.07) is 17.3. The first-order chi connectivity index (χ1) is 14.7. The van der Waals surface area contributed by atoms with Gasteiger partial charge in [0.05, 0.1) is 18.9 Å². The van der Waals surface area contributed by atoms with E-state index in [-0.39, 0.29) is 0 Å². The van der Waals surface area contributed by atoms with Crippen molar-refractivity contribution >= 4 is 28.9 Å². The number of aromatic nitrogens is 2. The molecule has 8 nitrogen and oxygen atoms in total. The third kappa shape index (κ3) is 4.91. The Hall–Kier alpha value is -3.49. The Morgan fingerprint density at radius 3 is 2.40 bits per heavy atom. The van der Waals surface area contributed by atoms with Crippen LogP contribution in [-0.2, 0) is 9.53 Å². The van der Waals surface area contributed by atoms with Crippen LogP contribution in [0.15, 0.2) is 60.8 Å². The number of hydrogen-bond donors (Lipinski definition) is 3. The number of hydrogen-bond acceptors (Lipinski definition) is 7. The molecule has 0 atom stereocenters. The molecule has 0 spiro atoms. The van der Waals surface area contributed by atoms with Crippen LogP contribution < -0.4 is 15.5 Å². The lowest BCUT2D eigenvalue weighted by Gasteiger charge is -2.28. The van der Waals surface area contributed by atoms with Gasteiger partial charge in [-0.15, -0.1) is 0 Å². The summed E-state index contributed by atoms with van der Waals surface area (Å²) in [5, 5.41) is 14.7. The summed E-state index contributed by atoms with van der Waals surface area (Å²) >= 11 is 0. The minimum absolute atomic E-state index is 0.448. The molecule has 8 heteroatoms. The molecule has 30 heavy (non-hydrogen) atoms. The lowest BCUT2D eigenvalue weighted by molar-refractivity contribution is -0.118. The average Bonchev–Trinajstić information content (AvgIpc) is 2.81. The molecule has 0 bridgehead atoms. The van der Waals surface area contributed by atoms with Crippen molar-refractivity contribution in [3.8, 4) is 11.3 Å². The fraction of sp³-hybridized carbons (Fsp3) is 0.227. The van der Waals surface area contributed by atoms with Gasteiger partial charge in [-0.2, -0.15) is 0 Å². The van der Waals surface area contributed by atoms with E-state index < -0.39 is 12.5 Å². The summed E-state index contributed by atoms with van der Waals surface area (Å²) in [5.74, 6) is 0.0557. The van der Waals surface area contributed by atoms with Gasteiger partial charge >= 0.3 is 0 Å². The fourth-order valence-corrected chi connectivity index (χ4v) is 3.21. The third-order valence-electron chi connectivity index (χ3n) is 4.76. The molecule has 2 heterocycles. The second-order valence-electron chi connectivity index (χ2n) is 6.82. The van der Waals surface area contributed by atoms with Crippen molar-refractivity contribution in [2.45, 2.75) is 0 Å². The Balaban J connectivity index is 1.43. The van der Waals surface area contributed by atoms with Crippen LogP contribution in [-0.4, -0.2) is 53.9 Å². The van der Waals surface area contributed by atoms with Crippen molar-refractivity contribution in [3.05, 3.63) is 60.8 Å². The van der Waals surface area contributed by atoms with Crippen LogP contribution in [0.4, 0.5) is 23.0 Å². The van der Waals surface area contributed by atoms with E-state index in [1.807, 2.05) is 30.3 Å². The van der Waals surface area contributed by atoms with E-state index in [0.717, 1.165) is 43.2 Å². The molecule has 0 radical (unpaired) electrons. The van der Waals surface area contributed by atoms with Crippen LogP contribution in [0.3, 0.4) is 0 Å². The van der Waals surface area contributed by atoms with Crippen LogP contribution in [0.25, 0.3) is 11.3 Å². The lowest BCUT2D eigenvalue weighted by atomic mass is 10.1. The van der Waals surface area contributed by atoms with Gasteiger partial charge in [-0.1, -0.05) is 12.1 Å². The number of benzene rings is 2. The quantitative estimate of drug-likeness (QED) is 0.580. The first-order valence-electron chi connectivity index (χ1n) is 9.75. The van der Waals surface area contributed by atoms with Crippen molar-refractivity contribution in [2.75, 3.05) is 48.4 Å². The molecule has 3 aromatic rings. The first-order valence-corrected chi connectivity index (χ1v) is 9.75. The SMILES string of the molecule is O=C(CO)Nc1ccc(-c2ccnc(Nc3ccc(N4CCOCC4)cc3)n2)cc1. The van der Waals surface area contributed by atoms with E-state index in [2.05, 4.69) is 37.6 Å². The number of nitrogens with one attached hydrogen (secondary N) is 2. The summed E-state index contributed by atoms with van der Waals surface area (Å²) in [7, 11) is 0. The van der Waals surface area contributed by atoms with Crippen molar-refractivity contribution < 1.29 is 14.6 Å². The molecule has 154 valence electrons. The Labute approximate surface area is 174 Å². The number of carbonyl (C=O) groups is 1. The third-order valence-corrected chi connectivity index (χ3v) is 4.76. The average molecular weight is 405 g/mol. The Kier molecular flexibility index (Phi) is 6.17. The molecule has 1 amide bonds. The number of carbonyl (C=O) groups excluding carboxylic acids is 1. The number of amides is 1. The summed E-state index contributed by atoms with van der Waals surface area (Å²) in [4.78, 5) is 22.5. The molecule has 1 aliphatic rings. The molecule has 1 aliphatic heterocycles. The van der Waals surface area contributed by atoms with Crippen molar-refractivity contribution in [1.82, 2.24) is 9.97 Å². The van der Waals surface area contributed by atoms with Gasteiger partial charge in [0.1, 0.15) is 6.61 Å². The number of morpholine rings is 1. The monoisotopic (exact) mass is 405 g/mol. The number of anilines is 4. The van der Waals surface area contributed by atoms with Crippen LogP contribution in [0.5, 0.6) is 0 Å². The number of nitrogens with zero attached hydrogens (tertiary/aromatic N) is 3. The summed E-state index contributed by atoms with van der Waals surface area (Å²) in [5.41, 5.74) is 4.35. The summed E-state index contributed by atoms with van der Waals surface area (Å²) < 4.78 is 5.40. The van der Waals surface area contributed by atoms with Gasteiger partial charge in [-0.3, -0.25) is 4.79 Å². The van der Waals surface area contributed by atoms with Crippen molar-refractivity contribution in [3.63, 3.8) is 0 Å². The number of aliphatic hydroxyl groups is 1. The van der Waals surface area contributed by atoms with Crippen LogP contribution >= 0.6 is 0 Å². The van der Waals surface area contributed by atoms with E-state index in [0.29, 0.717) is 11.6 Å². The highest BCUT2D eigenvalue weighted by Gasteiger charge is 2.11. The van der Waals surface area contributed by atoms with E-state index in [4.69, 9.17) is 9.84 Å². The second kappa shape index (κ2) is 9.34. The zero-order valence-corrected chi connectivity index (χ0v) is 16.4. The molecular formula is C22H23N5O3. The number of aliphatic hydroxyl groups excluding tert-OH is 1. The van der Waals surface area contributed by atoms with E-state index in [9.17, 15) is 4.79 Å². The highest BCUT2D eigenvalue weighted by molar-refractivity contribution is 5.91. The highest BCUT2D eigenvalue weighted by Crippen LogP contribution is 2.23. The van der Waals surface area contributed by atoms with Crippen LogP contribution in [0, 0.1) is 0 Å². The Morgan fingerprint density at radius 1 is 1.00 bits per heavy atom. The van der Waals surface area contributed by atoms with Gasteiger partial charge in [0.25, 0.3) is 0 Å². The van der Waals surface area contributed by atoms with Gasteiger partial charge < -0.3 is 25.4 Å². The standard InChI is InChI=1S/C22H23N5O3/c28-15-21(29)24-17-3-1-16(2-4-17)20-9-10-23-22(26-20)25-18-5-7-19(8-6-18)27-11-13-30-14-12-27/h1-10,28H,11-15H2,(H,24,29)(H,23,25,26).